The van der Waals surface area contributed by atoms with E-state index in [4.69, 9.17) is 4.99 Å². The molecule has 0 fully saturated rings. The summed E-state index contributed by atoms with van der Waals surface area (Å²) in [5, 5.41) is 11.4. The summed E-state index contributed by atoms with van der Waals surface area (Å²) in [7, 11) is 0. The van der Waals surface area contributed by atoms with Gasteiger partial charge in [0, 0.05) is 37.4 Å². The number of guanidine groups is 1. The summed E-state index contributed by atoms with van der Waals surface area (Å²) >= 11 is 0. The summed E-state index contributed by atoms with van der Waals surface area (Å²) < 4.78 is 3.87. The van der Waals surface area contributed by atoms with E-state index < -0.39 is 0 Å². The fourth-order valence-corrected chi connectivity index (χ4v) is 3.53. The predicted octanol–water partition coefficient (Wildman–Crippen LogP) is 3.33. The standard InChI is InChI=1S/C24H28N8/c1-4-26-24(28-15-20-9-10-27-23(14-20)31-12-11-25-17-31)29-16-21-7-5-6-8-22(21)32-19(3)13-18(2)30-32/h5-14,17H,4,15-16H2,1-3H3,(H2,26,28,29). The van der Waals surface area contributed by atoms with Crippen LogP contribution in [0.15, 0.2) is 72.4 Å². The Morgan fingerprint density at radius 1 is 1.06 bits per heavy atom. The Kier molecular flexibility index (Phi) is 6.60. The van der Waals surface area contributed by atoms with E-state index in [0.717, 1.165) is 46.5 Å². The summed E-state index contributed by atoms with van der Waals surface area (Å²) in [4.78, 5) is 13.3. The zero-order valence-corrected chi connectivity index (χ0v) is 18.7. The molecule has 32 heavy (non-hydrogen) atoms. The number of nitrogens with one attached hydrogen (secondary N) is 2. The Morgan fingerprint density at radius 2 is 1.94 bits per heavy atom. The number of aryl methyl sites for hydroxylation is 2. The van der Waals surface area contributed by atoms with Crippen molar-refractivity contribution in [2.75, 3.05) is 6.54 Å². The lowest BCUT2D eigenvalue weighted by Gasteiger charge is -2.15. The predicted molar refractivity (Wildman–Crippen MR) is 126 cm³/mol. The number of benzene rings is 1. The summed E-state index contributed by atoms with van der Waals surface area (Å²) in [6.07, 6.45) is 7.15. The molecule has 0 saturated carbocycles. The minimum atomic E-state index is 0.540. The maximum atomic E-state index is 4.76. The number of nitrogens with zero attached hydrogens (tertiary/aromatic N) is 6. The number of imidazole rings is 1. The minimum absolute atomic E-state index is 0.540. The highest BCUT2D eigenvalue weighted by molar-refractivity contribution is 5.79. The zero-order valence-electron chi connectivity index (χ0n) is 18.7. The molecule has 0 bridgehead atoms. The molecule has 2 N–H and O–H groups in total. The zero-order chi connectivity index (χ0) is 22.3. The first-order valence-electron chi connectivity index (χ1n) is 10.7. The average molecular weight is 429 g/mol. The highest BCUT2D eigenvalue weighted by Gasteiger charge is 2.09. The molecule has 164 valence electrons. The van der Waals surface area contributed by atoms with Crippen LogP contribution >= 0.6 is 0 Å². The van der Waals surface area contributed by atoms with Crippen LogP contribution in [-0.4, -0.2) is 36.8 Å². The van der Waals surface area contributed by atoms with Gasteiger partial charge < -0.3 is 10.6 Å². The van der Waals surface area contributed by atoms with E-state index in [9.17, 15) is 0 Å². The number of hydrogen-bond acceptors (Lipinski definition) is 4. The molecule has 8 heteroatoms. The lowest BCUT2D eigenvalue weighted by Crippen LogP contribution is -2.37. The van der Waals surface area contributed by atoms with Gasteiger partial charge in [-0.3, -0.25) is 4.57 Å². The molecule has 0 aliphatic carbocycles. The highest BCUT2D eigenvalue weighted by Crippen LogP contribution is 2.17. The smallest absolute Gasteiger partial charge is 0.191 e. The van der Waals surface area contributed by atoms with E-state index in [1.54, 1.807) is 18.7 Å². The van der Waals surface area contributed by atoms with Crippen LogP contribution in [0.5, 0.6) is 0 Å². The van der Waals surface area contributed by atoms with Crippen LogP contribution in [0.4, 0.5) is 0 Å². The van der Waals surface area contributed by atoms with Crippen LogP contribution in [0.25, 0.3) is 11.5 Å². The molecule has 4 rings (SSSR count). The van der Waals surface area contributed by atoms with Gasteiger partial charge in [0.25, 0.3) is 0 Å². The van der Waals surface area contributed by atoms with E-state index in [-0.39, 0.29) is 0 Å². The molecular formula is C24H28N8. The fraction of sp³-hybridized carbons (Fsp3) is 0.250. The van der Waals surface area contributed by atoms with Crippen LogP contribution in [0.1, 0.15) is 29.4 Å². The van der Waals surface area contributed by atoms with Gasteiger partial charge in [-0.2, -0.15) is 5.10 Å². The van der Waals surface area contributed by atoms with E-state index in [0.29, 0.717) is 13.1 Å². The average Bonchev–Trinajstić information content (AvgIpc) is 3.46. The molecule has 1 aromatic carbocycles. The molecule has 0 radical (unpaired) electrons. The Balaban J connectivity index is 1.49. The van der Waals surface area contributed by atoms with Crippen molar-refractivity contribution < 1.29 is 0 Å². The minimum Gasteiger partial charge on any atom is -0.357 e. The monoisotopic (exact) mass is 428 g/mol. The fourth-order valence-electron chi connectivity index (χ4n) is 3.53. The summed E-state index contributed by atoms with van der Waals surface area (Å²) in [6, 6.07) is 14.4. The first-order chi connectivity index (χ1) is 15.6. The number of hydrogen-bond donors (Lipinski definition) is 2. The highest BCUT2D eigenvalue weighted by atomic mass is 15.3. The van der Waals surface area contributed by atoms with Gasteiger partial charge in [0.1, 0.15) is 12.1 Å². The van der Waals surface area contributed by atoms with Gasteiger partial charge >= 0.3 is 0 Å². The van der Waals surface area contributed by atoms with Crippen molar-refractivity contribution >= 4 is 5.96 Å². The van der Waals surface area contributed by atoms with Crippen LogP contribution in [0.3, 0.4) is 0 Å². The topological polar surface area (TPSA) is 85.0 Å². The number of pyridine rings is 1. The molecular weight excluding hydrogens is 400 g/mol. The largest absolute Gasteiger partial charge is 0.357 e. The molecule has 0 amide bonds. The van der Waals surface area contributed by atoms with Crippen molar-refractivity contribution in [1.82, 2.24) is 34.9 Å². The second kappa shape index (κ2) is 9.91. The lowest BCUT2D eigenvalue weighted by molar-refractivity contribution is 0.783. The first kappa shape index (κ1) is 21.3. The van der Waals surface area contributed by atoms with Crippen LogP contribution < -0.4 is 10.6 Å². The van der Waals surface area contributed by atoms with E-state index >= 15 is 0 Å². The number of aliphatic imine (C=N–C) groups is 1. The molecule has 0 atom stereocenters. The Hall–Kier alpha value is -3.94. The van der Waals surface area contributed by atoms with E-state index in [2.05, 4.69) is 57.7 Å². The van der Waals surface area contributed by atoms with Crippen LogP contribution in [0.2, 0.25) is 0 Å². The molecule has 8 nitrogen and oxygen atoms in total. The molecule has 0 spiro atoms. The van der Waals surface area contributed by atoms with Crippen molar-refractivity contribution in [1.29, 1.82) is 0 Å². The third-order valence-corrected chi connectivity index (χ3v) is 5.02. The van der Waals surface area contributed by atoms with Gasteiger partial charge in [0.05, 0.1) is 17.9 Å². The van der Waals surface area contributed by atoms with Crippen molar-refractivity contribution in [3.63, 3.8) is 0 Å². The first-order valence-corrected chi connectivity index (χ1v) is 10.7. The normalized spacial score (nSPS) is 11.5. The Labute approximate surface area is 188 Å². The van der Waals surface area contributed by atoms with Gasteiger partial charge in [0.15, 0.2) is 5.96 Å². The summed E-state index contributed by atoms with van der Waals surface area (Å²) in [5.74, 6) is 1.59. The molecule has 0 aliphatic heterocycles. The molecule has 4 aromatic rings. The van der Waals surface area contributed by atoms with Crippen molar-refractivity contribution in [2.24, 2.45) is 4.99 Å². The second-order valence-electron chi connectivity index (χ2n) is 7.51. The SMILES string of the molecule is CCNC(=NCc1ccnc(-n2ccnc2)c1)NCc1ccccc1-n1nc(C)cc1C. The van der Waals surface area contributed by atoms with Crippen molar-refractivity contribution in [3.8, 4) is 11.5 Å². The lowest BCUT2D eigenvalue weighted by atomic mass is 10.1. The van der Waals surface area contributed by atoms with Gasteiger partial charge in [-0.1, -0.05) is 18.2 Å². The Morgan fingerprint density at radius 3 is 2.69 bits per heavy atom. The van der Waals surface area contributed by atoms with E-state index in [1.807, 2.05) is 46.6 Å². The molecule has 3 aromatic heterocycles. The molecule has 0 unspecified atom stereocenters. The van der Waals surface area contributed by atoms with Gasteiger partial charge in [-0.25, -0.2) is 19.6 Å². The van der Waals surface area contributed by atoms with Gasteiger partial charge in [0.2, 0.25) is 0 Å². The molecule has 0 saturated heterocycles. The Bertz CT molecular complexity index is 1190. The quantitative estimate of drug-likeness (QED) is 0.348. The maximum Gasteiger partial charge on any atom is 0.191 e. The molecule has 0 aliphatic rings. The van der Waals surface area contributed by atoms with Crippen LogP contribution in [-0.2, 0) is 13.1 Å². The number of para-hydroxylation sites is 1. The maximum absolute atomic E-state index is 4.76. The summed E-state index contributed by atoms with van der Waals surface area (Å²) in [5.41, 5.74) is 5.41. The third-order valence-electron chi connectivity index (χ3n) is 5.02. The van der Waals surface area contributed by atoms with Gasteiger partial charge in [-0.05, 0) is 56.2 Å². The summed E-state index contributed by atoms with van der Waals surface area (Å²) in [6.45, 7) is 8.10. The van der Waals surface area contributed by atoms with Crippen molar-refractivity contribution in [2.45, 2.75) is 33.9 Å². The van der Waals surface area contributed by atoms with Crippen LogP contribution in [0, 0.1) is 13.8 Å². The van der Waals surface area contributed by atoms with E-state index in [1.165, 1.54) is 0 Å². The third kappa shape index (κ3) is 5.03. The number of aromatic nitrogens is 5. The molecule has 3 heterocycles. The van der Waals surface area contributed by atoms with Crippen molar-refractivity contribution in [3.05, 3.63) is 89.9 Å². The second-order valence-corrected chi connectivity index (χ2v) is 7.51. The van der Waals surface area contributed by atoms with Gasteiger partial charge in [-0.15, -0.1) is 0 Å². The number of rotatable bonds is 7.